The van der Waals surface area contributed by atoms with Crippen molar-refractivity contribution in [3.63, 3.8) is 0 Å². The van der Waals surface area contributed by atoms with Crippen LogP contribution in [0, 0.1) is 5.92 Å². The Morgan fingerprint density at radius 1 is 1.19 bits per heavy atom. The highest BCUT2D eigenvalue weighted by molar-refractivity contribution is 5.92. The van der Waals surface area contributed by atoms with E-state index in [4.69, 9.17) is 0 Å². The van der Waals surface area contributed by atoms with Gasteiger partial charge in [-0.2, -0.15) is 5.10 Å². The molecule has 0 saturated carbocycles. The van der Waals surface area contributed by atoms with Gasteiger partial charge in [0.25, 0.3) is 5.91 Å². The first kappa shape index (κ1) is 18.0. The van der Waals surface area contributed by atoms with E-state index >= 15 is 0 Å². The quantitative estimate of drug-likeness (QED) is 0.683. The summed E-state index contributed by atoms with van der Waals surface area (Å²) in [5, 5.41) is 4.56. The van der Waals surface area contributed by atoms with Crippen molar-refractivity contribution >= 4 is 16.9 Å². The highest BCUT2D eigenvalue weighted by atomic mass is 16.2. The average molecular weight is 351 g/mol. The molecular formula is C20H25N5O. The van der Waals surface area contributed by atoms with Crippen molar-refractivity contribution in [1.29, 1.82) is 0 Å². The summed E-state index contributed by atoms with van der Waals surface area (Å²) in [5.74, 6) is 0.452. The number of amides is 1. The fourth-order valence-electron chi connectivity index (χ4n) is 2.98. The molecule has 136 valence electrons. The molecule has 1 aromatic carbocycles. The van der Waals surface area contributed by atoms with Crippen molar-refractivity contribution in [3.8, 4) is 0 Å². The number of hydrogen-bond acceptors (Lipinski definition) is 4. The first-order valence-corrected chi connectivity index (χ1v) is 9.00. The van der Waals surface area contributed by atoms with Gasteiger partial charge in [0.1, 0.15) is 5.69 Å². The number of carbonyl (C=O) groups is 1. The normalized spacial score (nSPS) is 11.3. The molecule has 0 unspecified atom stereocenters. The van der Waals surface area contributed by atoms with Gasteiger partial charge in [-0.15, -0.1) is 0 Å². The minimum Gasteiger partial charge on any atom is -0.334 e. The third-order valence-electron chi connectivity index (χ3n) is 4.21. The van der Waals surface area contributed by atoms with E-state index in [1.807, 2.05) is 37.3 Å². The Morgan fingerprint density at radius 3 is 2.62 bits per heavy atom. The average Bonchev–Trinajstić information content (AvgIpc) is 3.03. The number of hydrogen-bond donors (Lipinski definition) is 0. The van der Waals surface area contributed by atoms with Crippen molar-refractivity contribution in [3.05, 3.63) is 53.6 Å². The molecule has 0 fully saturated rings. The fraction of sp³-hybridized carbons (Fsp3) is 0.400. The van der Waals surface area contributed by atoms with Crippen LogP contribution in [0.3, 0.4) is 0 Å². The van der Waals surface area contributed by atoms with Crippen LogP contribution in [0.2, 0.25) is 0 Å². The third kappa shape index (κ3) is 3.90. The summed E-state index contributed by atoms with van der Waals surface area (Å²) in [4.78, 5) is 23.6. The second-order valence-corrected chi connectivity index (χ2v) is 6.95. The van der Waals surface area contributed by atoms with E-state index in [1.165, 1.54) is 0 Å². The predicted octanol–water partition coefficient (Wildman–Crippen LogP) is 3.32. The maximum Gasteiger partial charge on any atom is 0.272 e. The van der Waals surface area contributed by atoms with Gasteiger partial charge in [0.2, 0.25) is 0 Å². The second-order valence-electron chi connectivity index (χ2n) is 6.95. The summed E-state index contributed by atoms with van der Waals surface area (Å²) < 4.78 is 1.78. The van der Waals surface area contributed by atoms with Crippen molar-refractivity contribution < 1.29 is 4.79 Å². The summed E-state index contributed by atoms with van der Waals surface area (Å²) in [6.45, 7) is 7.37. The molecule has 3 rings (SSSR count). The van der Waals surface area contributed by atoms with E-state index in [2.05, 4.69) is 28.9 Å². The topological polar surface area (TPSA) is 63.9 Å². The Morgan fingerprint density at radius 2 is 1.92 bits per heavy atom. The van der Waals surface area contributed by atoms with Crippen molar-refractivity contribution in [2.24, 2.45) is 5.92 Å². The molecule has 0 N–H and O–H groups in total. The summed E-state index contributed by atoms with van der Waals surface area (Å²) >= 11 is 0. The van der Waals surface area contributed by atoms with Gasteiger partial charge in [-0.25, -0.2) is 4.98 Å². The molecule has 0 radical (unpaired) electrons. The van der Waals surface area contributed by atoms with Crippen LogP contribution in [0.15, 0.2) is 36.5 Å². The van der Waals surface area contributed by atoms with Crippen LogP contribution < -0.4 is 0 Å². The molecule has 0 spiro atoms. The zero-order valence-corrected chi connectivity index (χ0v) is 15.8. The Hall–Kier alpha value is -2.76. The fourth-order valence-corrected chi connectivity index (χ4v) is 2.98. The number of carbonyl (C=O) groups excluding carboxylic acids is 1. The Kier molecular flexibility index (Phi) is 5.30. The van der Waals surface area contributed by atoms with Crippen LogP contribution in [0.25, 0.3) is 11.0 Å². The highest BCUT2D eigenvalue weighted by Crippen LogP contribution is 2.14. The van der Waals surface area contributed by atoms with Gasteiger partial charge in [-0.05, 0) is 37.5 Å². The number of aromatic nitrogens is 4. The van der Waals surface area contributed by atoms with E-state index in [-0.39, 0.29) is 5.91 Å². The van der Waals surface area contributed by atoms with Crippen LogP contribution in [0.1, 0.15) is 42.6 Å². The van der Waals surface area contributed by atoms with E-state index in [0.29, 0.717) is 24.7 Å². The van der Waals surface area contributed by atoms with E-state index in [9.17, 15) is 4.79 Å². The van der Waals surface area contributed by atoms with Gasteiger partial charge in [-0.3, -0.25) is 14.5 Å². The van der Waals surface area contributed by atoms with Crippen LogP contribution in [0.5, 0.6) is 0 Å². The number of para-hydroxylation sites is 2. The Labute approximate surface area is 153 Å². The summed E-state index contributed by atoms with van der Waals surface area (Å²) in [6, 6.07) is 9.64. The van der Waals surface area contributed by atoms with Crippen LogP contribution in [-0.4, -0.2) is 37.6 Å². The lowest BCUT2D eigenvalue weighted by Gasteiger charge is -2.17. The van der Waals surface area contributed by atoms with Gasteiger partial charge in [0.15, 0.2) is 0 Å². The Balaban J connectivity index is 1.79. The zero-order chi connectivity index (χ0) is 18.7. The number of nitrogens with zero attached hydrogens (tertiary/aromatic N) is 5. The van der Waals surface area contributed by atoms with Gasteiger partial charge in [-0.1, -0.05) is 26.0 Å². The molecule has 0 aliphatic heterocycles. The molecule has 0 atom stereocenters. The predicted molar refractivity (Wildman–Crippen MR) is 102 cm³/mol. The molecule has 6 heteroatoms. The van der Waals surface area contributed by atoms with E-state index < -0.39 is 0 Å². The largest absolute Gasteiger partial charge is 0.334 e. The molecule has 26 heavy (non-hydrogen) atoms. The zero-order valence-electron chi connectivity index (χ0n) is 15.8. The third-order valence-corrected chi connectivity index (χ3v) is 4.21. The van der Waals surface area contributed by atoms with Gasteiger partial charge >= 0.3 is 0 Å². The minimum absolute atomic E-state index is 0.0516. The molecule has 1 amide bonds. The summed E-state index contributed by atoms with van der Waals surface area (Å²) in [7, 11) is 1.79. The van der Waals surface area contributed by atoms with Crippen molar-refractivity contribution in [2.45, 2.75) is 40.3 Å². The van der Waals surface area contributed by atoms with Crippen LogP contribution in [0.4, 0.5) is 0 Å². The molecule has 6 nitrogen and oxygen atoms in total. The van der Waals surface area contributed by atoms with Crippen LogP contribution >= 0.6 is 0 Å². The monoisotopic (exact) mass is 351 g/mol. The molecule has 0 aliphatic carbocycles. The maximum absolute atomic E-state index is 12.9. The minimum atomic E-state index is -0.0516. The number of fused-ring (bicyclic) bond motifs is 1. The van der Waals surface area contributed by atoms with E-state index in [1.54, 1.807) is 22.8 Å². The van der Waals surface area contributed by atoms with Crippen LogP contribution in [-0.2, 0) is 19.5 Å². The smallest absolute Gasteiger partial charge is 0.272 e. The van der Waals surface area contributed by atoms with Crippen molar-refractivity contribution in [1.82, 2.24) is 24.6 Å². The molecule has 0 aliphatic rings. The summed E-state index contributed by atoms with van der Waals surface area (Å²) in [6.07, 6.45) is 2.60. The van der Waals surface area contributed by atoms with E-state index in [0.717, 1.165) is 28.8 Å². The summed E-state index contributed by atoms with van der Waals surface area (Å²) in [5.41, 5.74) is 4.05. The Bertz CT molecular complexity index is 915. The lowest BCUT2D eigenvalue weighted by Crippen LogP contribution is -2.28. The maximum atomic E-state index is 12.9. The first-order valence-electron chi connectivity index (χ1n) is 9.00. The standard InChI is InChI=1S/C20H25N5O/c1-5-25-19(11-15(23-25)10-14(2)3)20(26)24(4)13-16-12-21-17-8-6-7-9-18(17)22-16/h6-9,11-12,14H,5,10,13H2,1-4H3. The molecule has 0 bridgehead atoms. The highest BCUT2D eigenvalue weighted by Gasteiger charge is 2.19. The van der Waals surface area contributed by atoms with Crippen molar-refractivity contribution in [2.75, 3.05) is 7.05 Å². The molecule has 2 aromatic heterocycles. The van der Waals surface area contributed by atoms with Gasteiger partial charge in [0, 0.05) is 13.6 Å². The number of rotatable bonds is 6. The SMILES string of the molecule is CCn1nc(CC(C)C)cc1C(=O)N(C)Cc1cnc2ccccc2n1. The molecule has 0 saturated heterocycles. The first-order chi connectivity index (χ1) is 12.5. The number of benzene rings is 1. The molecule has 2 heterocycles. The lowest BCUT2D eigenvalue weighted by molar-refractivity contribution is 0.0771. The number of aryl methyl sites for hydroxylation is 1. The molecule has 3 aromatic rings. The van der Waals surface area contributed by atoms with Gasteiger partial charge < -0.3 is 4.90 Å². The molecular weight excluding hydrogens is 326 g/mol. The lowest BCUT2D eigenvalue weighted by atomic mass is 10.1. The van der Waals surface area contributed by atoms with Gasteiger partial charge in [0.05, 0.1) is 35.2 Å². The second kappa shape index (κ2) is 7.64.